The maximum atomic E-state index is 13.9. The van der Waals surface area contributed by atoms with E-state index < -0.39 is 17.9 Å². The maximum absolute atomic E-state index is 13.9. The molecular weight excluding hydrogens is 1080 g/mol. The minimum atomic E-state index is -0.698. The van der Waals surface area contributed by atoms with E-state index in [2.05, 4.69) is 76.2 Å². The van der Waals surface area contributed by atoms with Crippen LogP contribution >= 0.6 is 0 Å². The molecule has 12 fully saturated rings. The molecule has 0 amide bonds. The number of aliphatic carboxylic acids is 3. The van der Waals surface area contributed by atoms with Gasteiger partial charge in [0, 0.05) is 55.8 Å². The zero-order valence-electron chi connectivity index (χ0n) is 55.6. The summed E-state index contributed by atoms with van der Waals surface area (Å²) >= 11 is 0. The van der Waals surface area contributed by atoms with Crippen LogP contribution in [0.1, 0.15) is 269 Å². The fraction of sp³-hybridized carbons (Fsp3) is 0.920. The predicted octanol–water partition coefficient (Wildman–Crippen LogP) is 16.0. The smallest absolute Gasteiger partial charge is 0.303 e. The summed E-state index contributed by atoms with van der Waals surface area (Å²) in [5.74, 6) is 8.30. The first kappa shape index (κ1) is 66.3. The van der Waals surface area contributed by atoms with Crippen LogP contribution in [0.5, 0.6) is 0 Å². The zero-order chi connectivity index (χ0) is 62.4. The number of carboxylic acids is 3. The molecule has 12 rings (SSSR count). The Morgan fingerprint density at radius 2 is 0.767 bits per heavy atom. The van der Waals surface area contributed by atoms with Gasteiger partial charge in [-0.2, -0.15) is 0 Å². The summed E-state index contributed by atoms with van der Waals surface area (Å²) in [4.78, 5) is 73.9. The van der Waals surface area contributed by atoms with E-state index >= 15 is 0 Å². The second kappa shape index (κ2) is 25.1. The minimum absolute atomic E-state index is 0.108. The topological polar surface area (TPSA) is 204 Å². The lowest BCUT2D eigenvalue weighted by atomic mass is 9.42. The highest BCUT2D eigenvalue weighted by atomic mass is 16.4. The normalized spacial score (nSPS) is 49.1. The fourth-order valence-electron chi connectivity index (χ4n) is 26.3. The van der Waals surface area contributed by atoms with Gasteiger partial charge in [-0.3, -0.25) is 28.8 Å². The SMILES string of the molecule is CC[C@H]1C(=O)[C@H]2C3CC[C@H]([C@H](C)CCC(=O)O)[C@@]3(C)CCC2[C@@]2(C)CC[C@@H](O)C[C@@H]12.C[C@@H]1CC[C@]2(C)C3CC[C@@]4(C)C(CC[C@@H]4[C@H](C)CCC(=O)O)[C@@H]3C(=O)C[C@@H]2C1.C[C@H](CCC(=O)O)[C@H]1CCC2[C@@H]3C(=O)C[C@@H]4C[C@H](O)CC[C@]4(C)C3CC[C@@]21C. The molecule has 12 aliphatic carbocycles. The van der Waals surface area contributed by atoms with Gasteiger partial charge in [0.15, 0.2) is 0 Å². The number of rotatable bonds is 13. The van der Waals surface area contributed by atoms with Crippen LogP contribution in [0.25, 0.3) is 0 Å². The third-order valence-corrected chi connectivity index (χ3v) is 31.0. The van der Waals surface area contributed by atoms with Gasteiger partial charge in [0.05, 0.1) is 12.2 Å². The summed E-state index contributed by atoms with van der Waals surface area (Å²) in [6.45, 7) is 25.9. The van der Waals surface area contributed by atoms with E-state index in [1.54, 1.807) is 0 Å². The average molecular weight is 1200 g/mol. The van der Waals surface area contributed by atoms with Gasteiger partial charge in [0.2, 0.25) is 0 Å². The lowest BCUT2D eigenvalue weighted by molar-refractivity contribution is -0.173. The second-order valence-electron chi connectivity index (χ2n) is 34.6. The van der Waals surface area contributed by atoms with Crippen molar-refractivity contribution in [2.75, 3.05) is 0 Å². The van der Waals surface area contributed by atoms with E-state index in [-0.39, 0.29) is 82.2 Å². The van der Waals surface area contributed by atoms with Crippen LogP contribution < -0.4 is 0 Å². The Hall–Kier alpha value is -2.66. The number of fused-ring (bicyclic) bond motifs is 15. The van der Waals surface area contributed by atoms with E-state index in [9.17, 15) is 39.0 Å². The van der Waals surface area contributed by atoms with Crippen molar-refractivity contribution in [1.29, 1.82) is 0 Å². The number of ketones is 3. The van der Waals surface area contributed by atoms with Crippen molar-refractivity contribution in [2.24, 2.45) is 151 Å². The Labute approximate surface area is 519 Å². The minimum Gasteiger partial charge on any atom is -0.481 e. The van der Waals surface area contributed by atoms with Gasteiger partial charge in [-0.15, -0.1) is 0 Å². The van der Waals surface area contributed by atoms with Crippen molar-refractivity contribution in [2.45, 2.75) is 281 Å². The van der Waals surface area contributed by atoms with Crippen LogP contribution in [-0.2, 0) is 28.8 Å². The number of carbonyl (C=O) groups excluding carboxylic acids is 3. The van der Waals surface area contributed by atoms with Gasteiger partial charge in [-0.05, 0) is 281 Å². The highest BCUT2D eigenvalue weighted by Crippen LogP contribution is 2.72. The number of carboxylic acid groups (broad SMARTS) is 3. The molecule has 0 aromatic rings. The first-order chi connectivity index (χ1) is 40.5. The van der Waals surface area contributed by atoms with Gasteiger partial charge in [-0.25, -0.2) is 0 Å². The molecular formula is C75H120O11. The molecule has 6 unspecified atom stereocenters. The summed E-state index contributed by atoms with van der Waals surface area (Å²) in [7, 11) is 0. The summed E-state index contributed by atoms with van der Waals surface area (Å²) in [5, 5.41) is 47.9. The molecule has 0 heterocycles. The van der Waals surface area contributed by atoms with E-state index in [1.807, 2.05) is 0 Å². The van der Waals surface area contributed by atoms with Crippen LogP contribution in [0.3, 0.4) is 0 Å². The number of aliphatic hydroxyl groups is 2. The molecule has 5 N–H and O–H groups in total. The first-order valence-corrected chi connectivity index (χ1v) is 36.1. The molecule has 12 aliphatic rings. The van der Waals surface area contributed by atoms with Crippen molar-refractivity contribution >= 4 is 35.3 Å². The third-order valence-electron chi connectivity index (χ3n) is 31.0. The van der Waals surface area contributed by atoms with E-state index in [0.717, 1.165) is 115 Å². The average Bonchev–Trinajstić information content (AvgIpc) is 1.41. The number of aliphatic hydroxyl groups excluding tert-OH is 2. The van der Waals surface area contributed by atoms with Crippen LogP contribution in [0.15, 0.2) is 0 Å². The van der Waals surface area contributed by atoms with Crippen LogP contribution in [0.4, 0.5) is 0 Å². The molecule has 0 bridgehead atoms. The van der Waals surface area contributed by atoms with Crippen molar-refractivity contribution in [3.05, 3.63) is 0 Å². The van der Waals surface area contributed by atoms with Crippen molar-refractivity contribution in [1.82, 2.24) is 0 Å². The standard InChI is InChI=1S/C26H42O4.C25H40O3.C24H38O4/c1-5-17-21-14-16(27)10-12-26(21,4)20-11-13-25(3)18(15(2)6-9-22(28)29)7-8-19(25)23(20)24(17)30;1-15-9-11-24(3)17(13-15)14-21(26)23-19-7-6-18(16(2)5-8-22(27)28)25(19,4)12-10-20(23)24;1-14(4-7-21(27)28)17-5-6-18-22-19(9-11-24(17,18)3)23(2)10-8-16(25)12-15(23)13-20(22)26/h15-21,23,27H,5-14H2,1-4H3,(H,28,29);15-20,23H,5-14H2,1-4H3,(H,27,28);14-19,22,25H,4-13H2,1-3H3,(H,27,28)/t15-,16-,17-,18-,19?,20?,21+,23+,25-,26-;15-,16-,17+,18-,19?,20?,23+,24+,25-;14-,15+,16-,17-,18?,19?,22+,23+,24-/m111/s1. The quantitative estimate of drug-likeness (QED) is 0.117. The van der Waals surface area contributed by atoms with E-state index in [0.29, 0.717) is 118 Å². The summed E-state index contributed by atoms with van der Waals surface area (Å²) in [6, 6.07) is 0. The van der Waals surface area contributed by atoms with Gasteiger partial charge >= 0.3 is 17.9 Å². The molecule has 11 nitrogen and oxygen atoms in total. The molecule has 86 heavy (non-hydrogen) atoms. The van der Waals surface area contributed by atoms with Crippen LogP contribution in [-0.4, -0.2) is 73.0 Å². The monoisotopic (exact) mass is 1200 g/mol. The molecule has 12 saturated carbocycles. The van der Waals surface area contributed by atoms with Crippen LogP contribution in [0.2, 0.25) is 0 Å². The zero-order valence-corrected chi connectivity index (χ0v) is 55.6. The molecule has 486 valence electrons. The Balaban J connectivity index is 0.000000143. The van der Waals surface area contributed by atoms with Crippen molar-refractivity contribution in [3.63, 3.8) is 0 Å². The Bertz CT molecular complexity index is 2400. The molecule has 0 saturated heterocycles. The molecule has 0 radical (unpaired) electrons. The van der Waals surface area contributed by atoms with Gasteiger partial charge in [0.25, 0.3) is 0 Å². The highest BCUT2D eigenvalue weighted by molar-refractivity contribution is 5.86. The molecule has 0 aromatic carbocycles. The Kier molecular flexibility index (Phi) is 19.3. The van der Waals surface area contributed by atoms with Crippen molar-refractivity contribution in [3.8, 4) is 0 Å². The Morgan fingerprint density at radius 3 is 1.17 bits per heavy atom. The number of Topliss-reactive ketones (excluding diaryl/α,β-unsaturated/α-hetero) is 3. The Morgan fingerprint density at radius 1 is 0.430 bits per heavy atom. The molecule has 11 heteroatoms. The van der Waals surface area contributed by atoms with Gasteiger partial charge < -0.3 is 25.5 Å². The largest absolute Gasteiger partial charge is 0.481 e. The first-order valence-electron chi connectivity index (χ1n) is 36.1. The number of hydrogen-bond donors (Lipinski definition) is 5. The predicted molar refractivity (Wildman–Crippen MR) is 335 cm³/mol. The molecule has 0 aromatic heterocycles. The van der Waals surface area contributed by atoms with E-state index in [1.165, 1.54) is 57.8 Å². The lowest BCUT2D eigenvalue weighted by Crippen LogP contribution is -2.60. The number of hydrogen-bond acceptors (Lipinski definition) is 8. The second-order valence-corrected chi connectivity index (χ2v) is 34.6. The molecule has 0 spiro atoms. The molecule has 0 aliphatic heterocycles. The fourth-order valence-corrected chi connectivity index (χ4v) is 26.3. The summed E-state index contributed by atoms with van der Waals surface area (Å²) in [5.41, 5.74) is 1.37. The van der Waals surface area contributed by atoms with Gasteiger partial charge in [0.1, 0.15) is 17.3 Å². The van der Waals surface area contributed by atoms with Crippen molar-refractivity contribution < 1.29 is 54.3 Å². The number of carbonyl (C=O) groups is 6. The lowest BCUT2D eigenvalue weighted by Gasteiger charge is -2.62. The summed E-state index contributed by atoms with van der Waals surface area (Å²) in [6.07, 6.45) is 28.4. The maximum Gasteiger partial charge on any atom is 0.303 e. The molecule has 28 atom stereocenters. The summed E-state index contributed by atoms with van der Waals surface area (Å²) < 4.78 is 0. The van der Waals surface area contributed by atoms with E-state index in [4.69, 9.17) is 15.3 Å². The van der Waals surface area contributed by atoms with Crippen LogP contribution in [0, 0.1) is 151 Å². The van der Waals surface area contributed by atoms with Gasteiger partial charge in [-0.1, -0.05) is 82.6 Å². The highest BCUT2D eigenvalue weighted by Gasteiger charge is 2.67. The third kappa shape index (κ3) is 11.5.